The van der Waals surface area contributed by atoms with Crippen molar-refractivity contribution in [2.45, 2.75) is 59.0 Å². The molecule has 1 aromatic carbocycles. The van der Waals surface area contributed by atoms with Gasteiger partial charge in [0.1, 0.15) is 11.6 Å². The number of likely N-dealkylation sites (tertiary alicyclic amines) is 2. The number of halogens is 1. The van der Waals surface area contributed by atoms with E-state index in [1.54, 1.807) is 13.0 Å². The SMILES string of the molecule is CC(=O)N1CCC(CN2CC(Cc3cc(-c4ccc(F)cc4C(=O)N4[C@H](C)COC[C@H]4C)c4cnc(C)n4c3)C2)CC1. The normalized spacial score (nSPS) is 22.5. The molecular weight excluding hydrogens is 533 g/mol. The van der Waals surface area contributed by atoms with Gasteiger partial charge in [-0.15, -0.1) is 0 Å². The van der Waals surface area contributed by atoms with E-state index in [0.717, 1.165) is 74.5 Å². The van der Waals surface area contributed by atoms with Crippen LogP contribution in [0.2, 0.25) is 0 Å². The number of rotatable bonds is 6. The Morgan fingerprint density at radius 3 is 2.43 bits per heavy atom. The Morgan fingerprint density at radius 2 is 1.74 bits per heavy atom. The maximum absolute atomic E-state index is 14.6. The first-order chi connectivity index (χ1) is 20.2. The first-order valence-corrected chi connectivity index (χ1v) is 15.3. The second kappa shape index (κ2) is 11.8. The number of nitrogens with zero attached hydrogens (tertiary/aromatic N) is 5. The molecule has 2 amide bonds. The molecule has 42 heavy (non-hydrogen) atoms. The predicted molar refractivity (Wildman–Crippen MR) is 160 cm³/mol. The lowest BCUT2D eigenvalue weighted by Crippen LogP contribution is -2.52. The molecule has 2 aromatic heterocycles. The van der Waals surface area contributed by atoms with Crippen LogP contribution >= 0.6 is 0 Å². The van der Waals surface area contributed by atoms with Gasteiger partial charge in [0.2, 0.25) is 5.91 Å². The summed E-state index contributed by atoms with van der Waals surface area (Å²) in [7, 11) is 0. The van der Waals surface area contributed by atoms with Crippen LogP contribution in [-0.2, 0) is 16.0 Å². The molecule has 0 unspecified atom stereocenters. The van der Waals surface area contributed by atoms with Crippen molar-refractivity contribution in [2.75, 3.05) is 45.9 Å². The zero-order valence-electron chi connectivity index (χ0n) is 25.2. The molecule has 3 fully saturated rings. The van der Waals surface area contributed by atoms with Crippen LogP contribution in [0.15, 0.2) is 36.7 Å². The van der Waals surface area contributed by atoms with E-state index in [9.17, 15) is 14.0 Å². The lowest BCUT2D eigenvalue weighted by molar-refractivity contribution is -0.130. The van der Waals surface area contributed by atoms with Gasteiger partial charge in [0, 0.05) is 51.4 Å². The topological polar surface area (TPSA) is 70.4 Å². The van der Waals surface area contributed by atoms with E-state index in [-0.39, 0.29) is 23.9 Å². The predicted octanol–water partition coefficient (Wildman–Crippen LogP) is 4.43. The maximum atomic E-state index is 14.6. The van der Waals surface area contributed by atoms with Gasteiger partial charge in [-0.3, -0.25) is 9.59 Å². The molecule has 8 nitrogen and oxygen atoms in total. The summed E-state index contributed by atoms with van der Waals surface area (Å²) in [6.45, 7) is 13.5. The van der Waals surface area contributed by atoms with Crippen LogP contribution in [0.5, 0.6) is 0 Å². The third-order valence-electron chi connectivity index (χ3n) is 9.42. The third kappa shape index (κ3) is 5.69. The number of hydrogen-bond donors (Lipinski definition) is 0. The van der Waals surface area contributed by atoms with Gasteiger partial charge in [-0.2, -0.15) is 0 Å². The van der Waals surface area contributed by atoms with E-state index >= 15 is 0 Å². The Balaban J connectivity index is 1.22. The second-order valence-electron chi connectivity index (χ2n) is 12.7. The van der Waals surface area contributed by atoms with E-state index in [0.29, 0.717) is 30.6 Å². The molecule has 0 bridgehead atoms. The maximum Gasteiger partial charge on any atom is 0.255 e. The van der Waals surface area contributed by atoms with E-state index < -0.39 is 5.82 Å². The van der Waals surface area contributed by atoms with Crippen LogP contribution in [0.1, 0.15) is 55.4 Å². The Kier molecular flexibility index (Phi) is 8.07. The number of benzene rings is 1. The number of imidazole rings is 1. The summed E-state index contributed by atoms with van der Waals surface area (Å²) in [6.07, 6.45) is 7.11. The van der Waals surface area contributed by atoms with Crippen LogP contribution in [0.3, 0.4) is 0 Å². The fraction of sp³-hybridized carbons (Fsp3) is 0.545. The molecular formula is C33H42FN5O3. The number of aromatic nitrogens is 2. The fourth-order valence-corrected chi connectivity index (χ4v) is 7.16. The molecule has 224 valence electrons. The van der Waals surface area contributed by atoms with Crippen molar-refractivity contribution in [1.29, 1.82) is 0 Å². The average Bonchev–Trinajstić information content (AvgIpc) is 3.32. The van der Waals surface area contributed by atoms with Crippen molar-refractivity contribution in [1.82, 2.24) is 24.1 Å². The van der Waals surface area contributed by atoms with E-state index in [1.807, 2.05) is 36.8 Å². The van der Waals surface area contributed by atoms with Crippen LogP contribution < -0.4 is 0 Å². The molecule has 0 spiro atoms. The Hall–Kier alpha value is -3.30. The number of aryl methyl sites for hydroxylation is 1. The number of ether oxygens (including phenoxy) is 1. The van der Waals surface area contributed by atoms with Crippen molar-refractivity contribution in [3.8, 4) is 11.1 Å². The summed E-state index contributed by atoms with van der Waals surface area (Å²) in [5.74, 6) is 1.69. The lowest BCUT2D eigenvalue weighted by atomic mass is 9.88. The number of pyridine rings is 1. The van der Waals surface area contributed by atoms with Gasteiger partial charge >= 0.3 is 0 Å². The molecule has 5 heterocycles. The highest BCUT2D eigenvalue weighted by Crippen LogP contribution is 2.34. The number of piperidine rings is 1. The van der Waals surface area contributed by atoms with E-state index in [2.05, 4.69) is 26.5 Å². The van der Waals surface area contributed by atoms with Crippen molar-refractivity contribution in [2.24, 2.45) is 11.8 Å². The summed E-state index contributed by atoms with van der Waals surface area (Å²) in [5.41, 5.74) is 4.10. The Morgan fingerprint density at radius 1 is 1.02 bits per heavy atom. The number of morpholine rings is 1. The molecule has 0 aliphatic carbocycles. The van der Waals surface area contributed by atoms with Crippen LogP contribution in [0.25, 0.3) is 16.6 Å². The molecule has 6 rings (SSSR count). The standard InChI is InChI=1S/C33H42FN5O3/c1-21-19-42-20-22(2)39(21)33(41)31-13-28(34)5-6-29(31)30-12-26(18-38-23(3)35-14-32(30)38)11-27-16-36(17-27)15-25-7-9-37(10-8-25)24(4)40/h5-6,12-14,18,21-22,25,27H,7-11,15-17,19-20H2,1-4H3/t21-,22-/m1/s1. The molecule has 0 radical (unpaired) electrons. The summed E-state index contributed by atoms with van der Waals surface area (Å²) in [4.78, 5) is 36.5. The number of fused-ring (bicyclic) bond motifs is 1. The molecule has 9 heteroatoms. The van der Waals surface area contributed by atoms with Crippen molar-refractivity contribution >= 4 is 17.3 Å². The molecule has 3 aliphatic heterocycles. The van der Waals surface area contributed by atoms with Crippen LogP contribution in [-0.4, -0.2) is 93.9 Å². The molecule has 0 saturated carbocycles. The highest BCUT2D eigenvalue weighted by atomic mass is 19.1. The largest absolute Gasteiger partial charge is 0.377 e. The number of hydrogen-bond acceptors (Lipinski definition) is 5. The summed E-state index contributed by atoms with van der Waals surface area (Å²) in [5, 5.41) is 0. The van der Waals surface area contributed by atoms with Gasteiger partial charge in [0.05, 0.1) is 42.6 Å². The van der Waals surface area contributed by atoms with Gasteiger partial charge in [-0.05, 0) is 81.2 Å². The third-order valence-corrected chi connectivity index (χ3v) is 9.42. The van der Waals surface area contributed by atoms with E-state index in [4.69, 9.17) is 4.74 Å². The molecule has 2 atom stereocenters. The van der Waals surface area contributed by atoms with Gasteiger partial charge in [0.25, 0.3) is 5.91 Å². The fourth-order valence-electron chi connectivity index (χ4n) is 7.16. The molecule has 0 N–H and O–H groups in total. The average molecular weight is 576 g/mol. The van der Waals surface area contributed by atoms with Crippen molar-refractivity contribution in [3.63, 3.8) is 0 Å². The summed E-state index contributed by atoms with van der Waals surface area (Å²) < 4.78 is 22.4. The minimum atomic E-state index is -0.422. The molecule has 3 aromatic rings. The quantitative estimate of drug-likeness (QED) is 0.435. The lowest BCUT2D eigenvalue weighted by Gasteiger charge is -2.43. The smallest absolute Gasteiger partial charge is 0.255 e. The van der Waals surface area contributed by atoms with E-state index in [1.165, 1.54) is 17.7 Å². The zero-order chi connectivity index (χ0) is 29.5. The first kappa shape index (κ1) is 28.8. The monoisotopic (exact) mass is 575 g/mol. The number of amides is 2. The minimum Gasteiger partial charge on any atom is -0.377 e. The number of carbonyl (C=O) groups is 2. The van der Waals surface area contributed by atoms with Crippen LogP contribution in [0.4, 0.5) is 4.39 Å². The molecule has 3 aliphatic rings. The summed E-state index contributed by atoms with van der Waals surface area (Å²) in [6, 6.07) is 6.54. The van der Waals surface area contributed by atoms with Crippen LogP contribution in [0, 0.1) is 24.6 Å². The Bertz CT molecular complexity index is 1460. The second-order valence-corrected chi connectivity index (χ2v) is 12.7. The van der Waals surface area contributed by atoms with Crippen molar-refractivity contribution < 1.29 is 18.7 Å². The van der Waals surface area contributed by atoms with Crippen molar-refractivity contribution in [3.05, 3.63) is 59.4 Å². The van der Waals surface area contributed by atoms with Gasteiger partial charge in [-0.1, -0.05) is 6.07 Å². The minimum absolute atomic E-state index is 0.0934. The number of carbonyl (C=O) groups excluding carboxylic acids is 2. The highest BCUT2D eigenvalue weighted by molar-refractivity contribution is 6.03. The first-order valence-electron chi connectivity index (χ1n) is 15.3. The van der Waals surface area contributed by atoms with Gasteiger partial charge in [0.15, 0.2) is 0 Å². The summed E-state index contributed by atoms with van der Waals surface area (Å²) >= 11 is 0. The zero-order valence-corrected chi connectivity index (χ0v) is 25.2. The highest BCUT2D eigenvalue weighted by Gasteiger charge is 2.33. The van der Waals surface area contributed by atoms with Gasteiger partial charge < -0.3 is 23.8 Å². The Labute approximate surface area is 247 Å². The molecule has 3 saturated heterocycles. The van der Waals surface area contributed by atoms with Gasteiger partial charge in [-0.25, -0.2) is 9.37 Å².